The summed E-state index contributed by atoms with van der Waals surface area (Å²) < 4.78 is 38.1. The van der Waals surface area contributed by atoms with Crippen molar-refractivity contribution in [3.8, 4) is 0 Å². The van der Waals surface area contributed by atoms with Crippen molar-refractivity contribution in [1.82, 2.24) is 5.06 Å². The third kappa shape index (κ3) is 2.83. The van der Waals surface area contributed by atoms with Gasteiger partial charge < -0.3 is 5.21 Å². The molecule has 0 amide bonds. The molecule has 1 unspecified atom stereocenters. The minimum Gasteiger partial charge on any atom is -0.311 e. The van der Waals surface area contributed by atoms with Crippen molar-refractivity contribution in [2.75, 3.05) is 0 Å². The van der Waals surface area contributed by atoms with Crippen LogP contribution in [0.3, 0.4) is 0 Å². The summed E-state index contributed by atoms with van der Waals surface area (Å²) in [5.74, 6) is 0. The van der Waals surface area contributed by atoms with Crippen LogP contribution < -0.4 is 0 Å². The lowest BCUT2D eigenvalue weighted by Crippen LogP contribution is -2.44. The smallest absolute Gasteiger partial charge is 0.311 e. The molecule has 2 aromatic carbocycles. The summed E-state index contributed by atoms with van der Waals surface area (Å²) >= 11 is 0. The second-order valence-corrected chi connectivity index (χ2v) is 6.24. The van der Waals surface area contributed by atoms with Crippen molar-refractivity contribution in [2.24, 2.45) is 4.99 Å². The van der Waals surface area contributed by atoms with Gasteiger partial charge in [-0.1, -0.05) is 42.5 Å². The summed E-state index contributed by atoms with van der Waals surface area (Å²) in [5.41, 5.74) is 0.588. The molecule has 1 heterocycles. The van der Waals surface area contributed by atoms with Crippen LogP contribution in [0.1, 0.15) is 36.7 Å². The Morgan fingerprint density at radius 2 is 1.58 bits per heavy atom. The van der Waals surface area contributed by atoms with Crippen LogP contribution in [-0.4, -0.2) is 21.5 Å². The fourth-order valence-corrected chi connectivity index (χ4v) is 2.83. The Balaban J connectivity index is 1.98. The van der Waals surface area contributed by atoms with E-state index < -0.39 is 23.4 Å². The standard InChI is InChI=1S/C18H17F3N2O/c1-17(2)15(12-6-4-3-5-7-12)22-16(23(17)24)13-8-10-14(11-9-13)18(19,20)21/h3-11,16,24H,1-2H3. The Labute approximate surface area is 138 Å². The summed E-state index contributed by atoms with van der Waals surface area (Å²) in [7, 11) is 0. The third-order valence-electron chi connectivity index (χ3n) is 4.22. The predicted molar refractivity (Wildman–Crippen MR) is 84.9 cm³/mol. The second kappa shape index (κ2) is 5.72. The average molecular weight is 334 g/mol. The van der Waals surface area contributed by atoms with E-state index in [1.165, 1.54) is 12.1 Å². The van der Waals surface area contributed by atoms with E-state index in [4.69, 9.17) is 0 Å². The van der Waals surface area contributed by atoms with Crippen LogP contribution in [0.4, 0.5) is 13.2 Å². The number of hydroxylamine groups is 2. The number of alkyl halides is 3. The number of hydrogen-bond acceptors (Lipinski definition) is 3. The zero-order valence-corrected chi connectivity index (χ0v) is 13.2. The van der Waals surface area contributed by atoms with Crippen LogP contribution in [0.15, 0.2) is 59.6 Å². The Hall–Kier alpha value is -2.18. The summed E-state index contributed by atoms with van der Waals surface area (Å²) in [5, 5.41) is 11.6. The van der Waals surface area contributed by atoms with E-state index in [9.17, 15) is 18.4 Å². The van der Waals surface area contributed by atoms with Crippen molar-refractivity contribution in [3.05, 3.63) is 71.3 Å². The fraction of sp³-hybridized carbons (Fsp3) is 0.278. The van der Waals surface area contributed by atoms with E-state index in [2.05, 4.69) is 4.99 Å². The largest absolute Gasteiger partial charge is 0.416 e. The molecule has 1 atom stereocenters. The van der Waals surface area contributed by atoms with Crippen LogP contribution >= 0.6 is 0 Å². The van der Waals surface area contributed by atoms with Crippen molar-refractivity contribution >= 4 is 5.71 Å². The van der Waals surface area contributed by atoms with Gasteiger partial charge in [0, 0.05) is 0 Å². The van der Waals surface area contributed by atoms with Crippen molar-refractivity contribution < 1.29 is 18.4 Å². The lowest BCUT2D eigenvalue weighted by molar-refractivity contribution is -0.159. The van der Waals surface area contributed by atoms with Gasteiger partial charge in [0.05, 0.1) is 16.8 Å². The molecule has 0 fully saturated rings. The maximum absolute atomic E-state index is 12.7. The Kier molecular flexibility index (Phi) is 3.97. The quantitative estimate of drug-likeness (QED) is 0.866. The van der Waals surface area contributed by atoms with Crippen LogP contribution in [0.5, 0.6) is 0 Å². The Bertz CT molecular complexity index is 752. The molecule has 0 saturated carbocycles. The van der Waals surface area contributed by atoms with Gasteiger partial charge in [-0.25, -0.2) is 0 Å². The predicted octanol–water partition coefficient (Wildman–Crippen LogP) is 4.68. The van der Waals surface area contributed by atoms with E-state index in [1.54, 1.807) is 0 Å². The normalized spacial score (nSPS) is 20.9. The number of hydrogen-bond donors (Lipinski definition) is 1. The zero-order valence-electron chi connectivity index (χ0n) is 13.2. The van der Waals surface area contributed by atoms with E-state index in [-0.39, 0.29) is 0 Å². The highest BCUT2D eigenvalue weighted by atomic mass is 19.4. The zero-order chi connectivity index (χ0) is 17.5. The molecule has 0 spiro atoms. The van der Waals surface area contributed by atoms with Gasteiger partial charge in [0.15, 0.2) is 6.17 Å². The van der Waals surface area contributed by atoms with Crippen LogP contribution in [0, 0.1) is 0 Å². The topological polar surface area (TPSA) is 35.8 Å². The summed E-state index contributed by atoms with van der Waals surface area (Å²) in [6.07, 6.45) is -5.12. The van der Waals surface area contributed by atoms with E-state index in [1.807, 2.05) is 44.2 Å². The van der Waals surface area contributed by atoms with Gasteiger partial charge in [-0.2, -0.15) is 18.2 Å². The first-order valence-corrected chi connectivity index (χ1v) is 7.50. The van der Waals surface area contributed by atoms with E-state index in [0.29, 0.717) is 11.3 Å². The van der Waals surface area contributed by atoms with E-state index in [0.717, 1.165) is 22.8 Å². The van der Waals surface area contributed by atoms with Gasteiger partial charge in [-0.05, 0) is 37.1 Å². The number of benzene rings is 2. The van der Waals surface area contributed by atoms with Gasteiger partial charge in [-0.3, -0.25) is 4.99 Å². The van der Waals surface area contributed by atoms with Crippen molar-refractivity contribution in [2.45, 2.75) is 31.7 Å². The van der Waals surface area contributed by atoms with Gasteiger partial charge >= 0.3 is 6.18 Å². The molecule has 126 valence electrons. The highest BCUT2D eigenvalue weighted by Gasteiger charge is 2.43. The first-order chi connectivity index (χ1) is 11.2. The molecule has 0 radical (unpaired) electrons. The summed E-state index contributed by atoms with van der Waals surface area (Å²) in [6.45, 7) is 3.64. The molecular formula is C18H17F3N2O. The molecule has 2 aromatic rings. The lowest BCUT2D eigenvalue weighted by Gasteiger charge is -2.30. The van der Waals surface area contributed by atoms with Crippen LogP contribution in [0.25, 0.3) is 0 Å². The molecule has 1 aliphatic heterocycles. The molecule has 1 aliphatic rings. The maximum Gasteiger partial charge on any atom is 0.416 e. The van der Waals surface area contributed by atoms with Gasteiger partial charge in [-0.15, -0.1) is 0 Å². The molecular weight excluding hydrogens is 317 g/mol. The maximum atomic E-state index is 12.7. The number of aliphatic imine (C=N–C) groups is 1. The second-order valence-electron chi connectivity index (χ2n) is 6.24. The average Bonchev–Trinajstić information content (AvgIpc) is 2.78. The lowest BCUT2D eigenvalue weighted by atomic mass is 9.93. The Morgan fingerprint density at radius 3 is 2.12 bits per heavy atom. The molecule has 0 saturated heterocycles. The molecule has 0 bridgehead atoms. The number of nitrogens with zero attached hydrogens (tertiary/aromatic N) is 2. The van der Waals surface area contributed by atoms with E-state index >= 15 is 0 Å². The van der Waals surface area contributed by atoms with Crippen molar-refractivity contribution in [1.29, 1.82) is 0 Å². The highest BCUT2D eigenvalue weighted by molar-refractivity contribution is 6.07. The minimum absolute atomic E-state index is 0.504. The van der Waals surface area contributed by atoms with Crippen molar-refractivity contribution in [3.63, 3.8) is 0 Å². The first kappa shape index (κ1) is 16.7. The first-order valence-electron chi connectivity index (χ1n) is 7.50. The number of halogens is 3. The van der Waals surface area contributed by atoms with Gasteiger partial charge in [0.25, 0.3) is 0 Å². The SMILES string of the molecule is CC1(C)C(c2ccccc2)=NC(c2ccc(C(F)(F)F)cc2)N1O. The fourth-order valence-electron chi connectivity index (χ4n) is 2.83. The molecule has 24 heavy (non-hydrogen) atoms. The molecule has 6 heteroatoms. The molecule has 0 aromatic heterocycles. The number of rotatable bonds is 2. The molecule has 1 N–H and O–H groups in total. The van der Waals surface area contributed by atoms with Crippen LogP contribution in [0.2, 0.25) is 0 Å². The molecule has 3 rings (SSSR count). The van der Waals surface area contributed by atoms with Gasteiger partial charge in [0.1, 0.15) is 0 Å². The Morgan fingerprint density at radius 1 is 1.00 bits per heavy atom. The monoisotopic (exact) mass is 334 g/mol. The third-order valence-corrected chi connectivity index (χ3v) is 4.22. The molecule has 3 nitrogen and oxygen atoms in total. The molecule has 0 aliphatic carbocycles. The van der Waals surface area contributed by atoms with Crippen LogP contribution in [-0.2, 0) is 6.18 Å². The summed E-state index contributed by atoms with van der Waals surface area (Å²) in [6, 6.07) is 14.1. The highest BCUT2D eigenvalue weighted by Crippen LogP contribution is 2.38. The van der Waals surface area contributed by atoms with Gasteiger partial charge in [0.2, 0.25) is 0 Å². The minimum atomic E-state index is -4.38. The summed E-state index contributed by atoms with van der Waals surface area (Å²) in [4.78, 5) is 4.57.